The molecule has 1 heterocycles. The molecule has 0 radical (unpaired) electrons. The number of rotatable bonds is 4. The SMILES string of the molecule is CNC(=O)[C@H]1C[C@H](Oc2ccccc2)CN1C(=O)c1cc(F)ccc1F. The Hall–Kier alpha value is -2.96. The summed E-state index contributed by atoms with van der Waals surface area (Å²) in [4.78, 5) is 26.1. The number of carbonyl (C=O) groups is 2. The Balaban J connectivity index is 1.84. The van der Waals surface area contributed by atoms with Gasteiger partial charge in [-0.15, -0.1) is 0 Å². The molecular weight excluding hydrogens is 342 g/mol. The molecule has 0 unspecified atom stereocenters. The maximum atomic E-state index is 14.0. The van der Waals surface area contributed by atoms with Crippen LogP contribution in [-0.4, -0.2) is 42.5 Å². The number of hydrogen-bond acceptors (Lipinski definition) is 3. The third-order valence-electron chi connectivity index (χ3n) is 4.28. The number of nitrogens with one attached hydrogen (secondary N) is 1. The summed E-state index contributed by atoms with van der Waals surface area (Å²) in [5.41, 5.74) is -0.403. The molecule has 26 heavy (non-hydrogen) atoms. The number of halogens is 2. The molecule has 0 saturated carbocycles. The van der Waals surface area contributed by atoms with E-state index in [-0.39, 0.29) is 18.9 Å². The van der Waals surface area contributed by atoms with Gasteiger partial charge >= 0.3 is 0 Å². The molecule has 5 nitrogen and oxygen atoms in total. The number of carbonyl (C=O) groups excluding carboxylic acids is 2. The van der Waals surface area contributed by atoms with Crippen molar-refractivity contribution in [1.29, 1.82) is 0 Å². The molecule has 3 rings (SSSR count). The van der Waals surface area contributed by atoms with E-state index >= 15 is 0 Å². The van der Waals surface area contributed by atoms with Gasteiger partial charge in [-0.05, 0) is 30.3 Å². The first-order valence-corrected chi connectivity index (χ1v) is 8.19. The Labute approximate surface area is 149 Å². The van der Waals surface area contributed by atoms with Crippen molar-refractivity contribution in [2.45, 2.75) is 18.6 Å². The molecule has 2 aromatic rings. The van der Waals surface area contributed by atoms with Gasteiger partial charge in [0, 0.05) is 13.5 Å². The van der Waals surface area contributed by atoms with Gasteiger partial charge in [-0.25, -0.2) is 8.78 Å². The highest BCUT2D eigenvalue weighted by Crippen LogP contribution is 2.26. The summed E-state index contributed by atoms with van der Waals surface area (Å²) in [5, 5.41) is 2.50. The van der Waals surface area contributed by atoms with E-state index in [1.807, 2.05) is 18.2 Å². The number of amides is 2. The second-order valence-electron chi connectivity index (χ2n) is 6.00. The van der Waals surface area contributed by atoms with Crippen LogP contribution >= 0.6 is 0 Å². The number of nitrogens with zero attached hydrogens (tertiary/aromatic N) is 1. The lowest BCUT2D eigenvalue weighted by Crippen LogP contribution is -2.45. The first kappa shape index (κ1) is 17.8. The van der Waals surface area contributed by atoms with E-state index < -0.39 is 35.3 Å². The molecule has 1 aliphatic rings. The molecule has 136 valence electrons. The number of hydrogen-bond donors (Lipinski definition) is 1. The summed E-state index contributed by atoms with van der Waals surface area (Å²) in [6.07, 6.45) is -0.169. The zero-order chi connectivity index (χ0) is 18.7. The topological polar surface area (TPSA) is 58.6 Å². The van der Waals surface area contributed by atoms with Gasteiger partial charge in [0.05, 0.1) is 12.1 Å². The molecule has 7 heteroatoms. The summed E-state index contributed by atoms with van der Waals surface area (Å²) < 4.78 is 33.2. The van der Waals surface area contributed by atoms with Crippen LogP contribution in [0.3, 0.4) is 0 Å². The smallest absolute Gasteiger partial charge is 0.257 e. The number of benzene rings is 2. The molecular formula is C19H18F2N2O3. The first-order valence-electron chi connectivity index (χ1n) is 8.19. The van der Waals surface area contributed by atoms with Crippen LogP contribution < -0.4 is 10.1 Å². The Morgan fingerprint density at radius 3 is 2.58 bits per heavy atom. The van der Waals surface area contributed by atoms with Crippen molar-refractivity contribution < 1.29 is 23.1 Å². The first-order chi connectivity index (χ1) is 12.5. The second-order valence-corrected chi connectivity index (χ2v) is 6.00. The van der Waals surface area contributed by atoms with Gasteiger partial charge in [0.25, 0.3) is 5.91 Å². The predicted molar refractivity (Wildman–Crippen MR) is 90.7 cm³/mol. The highest BCUT2D eigenvalue weighted by molar-refractivity contribution is 5.98. The van der Waals surface area contributed by atoms with Crippen LogP contribution in [0.2, 0.25) is 0 Å². The van der Waals surface area contributed by atoms with E-state index in [1.54, 1.807) is 12.1 Å². The van der Waals surface area contributed by atoms with E-state index in [2.05, 4.69) is 5.32 Å². The fourth-order valence-electron chi connectivity index (χ4n) is 3.03. The molecule has 0 aliphatic carbocycles. The van der Waals surface area contributed by atoms with Crippen LogP contribution in [0.5, 0.6) is 5.75 Å². The number of para-hydroxylation sites is 1. The van der Waals surface area contributed by atoms with E-state index in [9.17, 15) is 18.4 Å². The average Bonchev–Trinajstić information content (AvgIpc) is 3.07. The Bertz CT molecular complexity index is 814. The van der Waals surface area contributed by atoms with Crippen LogP contribution in [0, 0.1) is 11.6 Å². The molecule has 0 spiro atoms. The van der Waals surface area contributed by atoms with Gasteiger partial charge in [0.15, 0.2) is 0 Å². The molecule has 0 aromatic heterocycles. The van der Waals surface area contributed by atoms with Gasteiger partial charge in [-0.2, -0.15) is 0 Å². The van der Waals surface area contributed by atoms with Gasteiger partial charge in [0.2, 0.25) is 5.91 Å². The van der Waals surface area contributed by atoms with Gasteiger partial charge in [0.1, 0.15) is 29.5 Å². The summed E-state index contributed by atoms with van der Waals surface area (Å²) in [6, 6.07) is 10.9. The van der Waals surface area contributed by atoms with E-state index in [0.29, 0.717) is 5.75 Å². The van der Waals surface area contributed by atoms with Gasteiger partial charge < -0.3 is 15.0 Å². The highest BCUT2D eigenvalue weighted by Gasteiger charge is 2.41. The molecule has 0 bridgehead atoms. The quantitative estimate of drug-likeness (QED) is 0.911. The zero-order valence-electron chi connectivity index (χ0n) is 14.1. The van der Waals surface area contributed by atoms with E-state index in [0.717, 1.165) is 18.2 Å². The number of likely N-dealkylation sites (tertiary alicyclic amines) is 1. The third kappa shape index (κ3) is 3.66. The van der Waals surface area contributed by atoms with Gasteiger partial charge in [-0.1, -0.05) is 18.2 Å². The van der Waals surface area contributed by atoms with Gasteiger partial charge in [-0.3, -0.25) is 9.59 Å². The minimum Gasteiger partial charge on any atom is -0.488 e. The molecule has 1 fully saturated rings. The van der Waals surface area contributed by atoms with Crippen molar-refractivity contribution in [3.05, 3.63) is 65.7 Å². The number of ether oxygens (including phenoxy) is 1. The maximum absolute atomic E-state index is 14.0. The van der Waals surface area contributed by atoms with Crippen molar-refractivity contribution in [3.8, 4) is 5.75 Å². The molecule has 1 saturated heterocycles. The van der Waals surface area contributed by atoms with Crippen molar-refractivity contribution >= 4 is 11.8 Å². The minimum absolute atomic E-state index is 0.0990. The average molecular weight is 360 g/mol. The summed E-state index contributed by atoms with van der Waals surface area (Å²) in [7, 11) is 1.46. The molecule has 2 aromatic carbocycles. The maximum Gasteiger partial charge on any atom is 0.257 e. The van der Waals surface area contributed by atoms with Crippen molar-refractivity contribution in [3.63, 3.8) is 0 Å². The largest absolute Gasteiger partial charge is 0.488 e. The van der Waals surface area contributed by atoms with Crippen LogP contribution in [0.4, 0.5) is 8.78 Å². The minimum atomic E-state index is -0.834. The zero-order valence-corrected chi connectivity index (χ0v) is 14.1. The monoisotopic (exact) mass is 360 g/mol. The third-order valence-corrected chi connectivity index (χ3v) is 4.28. The molecule has 2 amide bonds. The van der Waals surface area contributed by atoms with Crippen LogP contribution in [0.15, 0.2) is 48.5 Å². The van der Waals surface area contributed by atoms with Crippen LogP contribution in [0.1, 0.15) is 16.8 Å². The molecule has 1 N–H and O–H groups in total. The molecule has 1 aliphatic heterocycles. The normalized spacial score (nSPS) is 19.3. The van der Waals surface area contributed by atoms with E-state index in [1.165, 1.54) is 11.9 Å². The Morgan fingerprint density at radius 1 is 1.15 bits per heavy atom. The Kier molecular flexibility index (Phi) is 5.16. The summed E-state index contributed by atoms with van der Waals surface area (Å²) in [6.45, 7) is 0.0990. The summed E-state index contributed by atoms with van der Waals surface area (Å²) >= 11 is 0. The second kappa shape index (κ2) is 7.51. The fourth-order valence-corrected chi connectivity index (χ4v) is 3.03. The lowest BCUT2D eigenvalue weighted by Gasteiger charge is -2.23. The highest BCUT2D eigenvalue weighted by atomic mass is 19.1. The number of likely N-dealkylation sites (N-methyl/N-ethyl adjacent to an activating group) is 1. The standard InChI is InChI=1S/C19H18F2N2O3/c1-22-18(24)17-10-14(26-13-5-3-2-4-6-13)11-23(17)19(25)15-9-12(20)7-8-16(15)21/h2-9,14,17H,10-11H2,1H3,(H,22,24)/t14-,17+/m0/s1. The van der Waals surface area contributed by atoms with Crippen molar-refractivity contribution in [2.75, 3.05) is 13.6 Å². The van der Waals surface area contributed by atoms with Crippen LogP contribution in [-0.2, 0) is 4.79 Å². The lowest BCUT2D eigenvalue weighted by atomic mass is 10.1. The lowest BCUT2D eigenvalue weighted by molar-refractivity contribution is -0.124. The predicted octanol–water partition coefficient (Wildman–Crippen LogP) is 2.37. The van der Waals surface area contributed by atoms with E-state index in [4.69, 9.17) is 4.74 Å². The van der Waals surface area contributed by atoms with Crippen molar-refractivity contribution in [1.82, 2.24) is 10.2 Å². The van der Waals surface area contributed by atoms with Crippen LogP contribution in [0.25, 0.3) is 0 Å². The van der Waals surface area contributed by atoms with Crippen molar-refractivity contribution in [2.24, 2.45) is 0 Å². The Morgan fingerprint density at radius 2 is 1.88 bits per heavy atom. The summed E-state index contributed by atoms with van der Waals surface area (Å²) in [5.74, 6) is -2.06. The fraction of sp³-hybridized carbons (Fsp3) is 0.263. The molecule has 2 atom stereocenters.